The quantitative estimate of drug-likeness (QED) is 0.546. The Labute approximate surface area is 105 Å². The van der Waals surface area contributed by atoms with Gasteiger partial charge in [-0.05, 0) is 49.9 Å². The normalized spacial score (nSPS) is 31.2. The van der Waals surface area contributed by atoms with Crippen molar-refractivity contribution in [3.05, 3.63) is 18.7 Å². The molecule has 2 bridgehead atoms. The van der Waals surface area contributed by atoms with Gasteiger partial charge < -0.3 is 0 Å². The minimum atomic E-state index is 1.09. The molecule has 3 rings (SSSR count). The van der Waals surface area contributed by atoms with E-state index < -0.39 is 0 Å². The largest absolute Gasteiger partial charge is 0.243 e. The molecule has 0 amide bonds. The number of hydrogen-bond acceptors (Lipinski definition) is 0. The molecule has 2 fully saturated rings. The molecule has 3 atom stereocenters. The van der Waals surface area contributed by atoms with Crippen molar-refractivity contribution < 1.29 is 4.57 Å². The number of imidazole rings is 1. The van der Waals surface area contributed by atoms with E-state index in [1.54, 1.807) is 25.7 Å². The van der Waals surface area contributed by atoms with Gasteiger partial charge in [-0.1, -0.05) is 12.8 Å². The average molecular weight is 233 g/mol. The number of hydrogen-bond donors (Lipinski definition) is 0. The standard InChI is InChI=1S/C15H25N2/c1-16-8-9-17(12-16)7-3-2-4-14-10-13-5-6-15(14)11-13/h8-9,12-15H,2-7,10-11H2,1H3/q+1. The van der Waals surface area contributed by atoms with Crippen LogP contribution in [0.15, 0.2) is 18.7 Å². The third-order valence-corrected chi connectivity index (χ3v) is 4.95. The molecule has 0 spiro atoms. The summed E-state index contributed by atoms with van der Waals surface area (Å²) in [5.74, 6) is 3.33. The number of aromatic nitrogens is 2. The van der Waals surface area contributed by atoms with Crippen LogP contribution in [0.4, 0.5) is 0 Å². The van der Waals surface area contributed by atoms with Crippen molar-refractivity contribution in [3.8, 4) is 0 Å². The molecule has 2 saturated carbocycles. The van der Waals surface area contributed by atoms with Crippen molar-refractivity contribution in [1.29, 1.82) is 0 Å². The van der Waals surface area contributed by atoms with Gasteiger partial charge in [-0.3, -0.25) is 0 Å². The average Bonchev–Trinajstić information content (AvgIpc) is 3.00. The topological polar surface area (TPSA) is 8.81 Å². The van der Waals surface area contributed by atoms with E-state index in [0.717, 1.165) is 17.8 Å². The molecule has 0 aromatic carbocycles. The van der Waals surface area contributed by atoms with E-state index in [9.17, 15) is 0 Å². The summed E-state index contributed by atoms with van der Waals surface area (Å²) in [5, 5.41) is 0. The Bertz CT molecular complexity index is 369. The van der Waals surface area contributed by atoms with Gasteiger partial charge in [-0.25, -0.2) is 9.13 Å². The van der Waals surface area contributed by atoms with Crippen LogP contribution in [0.1, 0.15) is 44.9 Å². The summed E-state index contributed by atoms with van der Waals surface area (Å²) in [5.41, 5.74) is 0. The van der Waals surface area contributed by atoms with Crippen molar-refractivity contribution in [1.82, 2.24) is 4.57 Å². The molecule has 1 aromatic heterocycles. The van der Waals surface area contributed by atoms with Gasteiger partial charge in [0.05, 0.1) is 13.6 Å². The first-order chi connectivity index (χ1) is 8.31. The number of aryl methyl sites for hydroxylation is 2. The second-order valence-electron chi connectivity index (χ2n) is 6.25. The molecule has 0 N–H and O–H groups in total. The molecule has 2 aliphatic rings. The highest BCUT2D eigenvalue weighted by atomic mass is 15.1. The number of nitrogens with zero attached hydrogens (tertiary/aromatic N) is 2. The predicted molar refractivity (Wildman–Crippen MR) is 68.4 cm³/mol. The van der Waals surface area contributed by atoms with Crippen LogP contribution in [0.5, 0.6) is 0 Å². The lowest BCUT2D eigenvalue weighted by Crippen LogP contribution is -2.23. The number of unbranched alkanes of at least 4 members (excludes halogenated alkanes) is 1. The lowest BCUT2D eigenvalue weighted by Gasteiger charge is -2.21. The molecule has 1 heterocycles. The summed E-state index contributed by atoms with van der Waals surface area (Å²) in [4.78, 5) is 0. The Balaban J connectivity index is 1.36. The molecule has 0 radical (unpaired) electrons. The molecule has 0 aliphatic heterocycles. The minimum Gasteiger partial charge on any atom is -0.240 e. The van der Waals surface area contributed by atoms with Crippen molar-refractivity contribution in [2.75, 3.05) is 0 Å². The molecule has 0 saturated heterocycles. The third kappa shape index (κ3) is 2.56. The highest BCUT2D eigenvalue weighted by Gasteiger charge is 2.38. The molecule has 17 heavy (non-hydrogen) atoms. The van der Waals surface area contributed by atoms with Crippen LogP contribution in [0.25, 0.3) is 0 Å². The van der Waals surface area contributed by atoms with Gasteiger partial charge in [0.1, 0.15) is 12.4 Å². The highest BCUT2D eigenvalue weighted by Crippen LogP contribution is 2.49. The van der Waals surface area contributed by atoms with Crippen molar-refractivity contribution in [3.63, 3.8) is 0 Å². The zero-order chi connectivity index (χ0) is 11.7. The number of fused-ring (bicyclic) bond motifs is 2. The summed E-state index contributed by atoms with van der Waals surface area (Å²) in [6.45, 7) is 1.20. The molecular weight excluding hydrogens is 208 g/mol. The fourth-order valence-electron chi connectivity index (χ4n) is 4.06. The van der Waals surface area contributed by atoms with Crippen molar-refractivity contribution >= 4 is 0 Å². The Morgan fingerprint density at radius 2 is 2.18 bits per heavy atom. The van der Waals surface area contributed by atoms with Gasteiger partial charge in [-0.2, -0.15) is 0 Å². The Hall–Kier alpha value is -0.790. The van der Waals surface area contributed by atoms with Gasteiger partial charge in [0.15, 0.2) is 0 Å². The molecular formula is C15H25N2+. The first kappa shape index (κ1) is 11.3. The van der Waals surface area contributed by atoms with Crippen molar-refractivity contribution in [2.45, 2.75) is 51.5 Å². The van der Waals surface area contributed by atoms with Gasteiger partial charge in [0, 0.05) is 0 Å². The fraction of sp³-hybridized carbons (Fsp3) is 0.800. The summed E-state index contributed by atoms with van der Waals surface area (Å²) in [7, 11) is 2.09. The van der Waals surface area contributed by atoms with E-state index in [1.165, 1.54) is 25.8 Å². The van der Waals surface area contributed by atoms with E-state index in [4.69, 9.17) is 0 Å². The first-order valence-corrected chi connectivity index (χ1v) is 7.32. The second-order valence-corrected chi connectivity index (χ2v) is 6.25. The van der Waals surface area contributed by atoms with Crippen LogP contribution >= 0.6 is 0 Å². The molecule has 2 nitrogen and oxygen atoms in total. The maximum atomic E-state index is 2.31. The Morgan fingerprint density at radius 3 is 2.82 bits per heavy atom. The maximum Gasteiger partial charge on any atom is 0.243 e. The minimum absolute atomic E-state index is 1.09. The molecule has 2 aliphatic carbocycles. The molecule has 3 unspecified atom stereocenters. The van der Waals surface area contributed by atoms with E-state index >= 15 is 0 Å². The Morgan fingerprint density at radius 1 is 1.24 bits per heavy atom. The van der Waals surface area contributed by atoms with Crippen LogP contribution in [0.3, 0.4) is 0 Å². The zero-order valence-electron chi connectivity index (χ0n) is 11.0. The van der Waals surface area contributed by atoms with E-state index in [0.29, 0.717) is 0 Å². The zero-order valence-corrected chi connectivity index (χ0v) is 11.0. The molecule has 94 valence electrons. The van der Waals surface area contributed by atoms with Crippen LogP contribution < -0.4 is 4.57 Å². The summed E-state index contributed by atoms with van der Waals surface area (Å²) in [6.07, 6.45) is 17.0. The van der Waals surface area contributed by atoms with E-state index in [-0.39, 0.29) is 0 Å². The number of rotatable bonds is 5. The predicted octanol–water partition coefficient (Wildman–Crippen LogP) is 2.92. The highest BCUT2D eigenvalue weighted by molar-refractivity contribution is 4.89. The van der Waals surface area contributed by atoms with E-state index in [1.807, 2.05) is 0 Å². The lowest BCUT2D eigenvalue weighted by atomic mass is 9.85. The van der Waals surface area contributed by atoms with Crippen molar-refractivity contribution in [2.24, 2.45) is 24.8 Å². The lowest BCUT2D eigenvalue weighted by molar-refractivity contribution is -0.671. The molecule has 1 aromatic rings. The van der Waals surface area contributed by atoms with Gasteiger partial charge in [0.25, 0.3) is 0 Å². The molecule has 2 heteroatoms. The smallest absolute Gasteiger partial charge is 0.240 e. The van der Waals surface area contributed by atoms with Crippen LogP contribution in [0, 0.1) is 17.8 Å². The fourth-order valence-corrected chi connectivity index (χ4v) is 4.06. The summed E-state index contributed by atoms with van der Waals surface area (Å²) < 4.78 is 4.43. The summed E-state index contributed by atoms with van der Waals surface area (Å²) in [6, 6.07) is 0. The van der Waals surface area contributed by atoms with Gasteiger partial charge in [0.2, 0.25) is 6.33 Å². The second kappa shape index (κ2) is 4.83. The van der Waals surface area contributed by atoms with Gasteiger partial charge >= 0.3 is 0 Å². The van der Waals surface area contributed by atoms with Gasteiger partial charge in [-0.15, -0.1) is 0 Å². The maximum absolute atomic E-state index is 2.31. The van der Waals surface area contributed by atoms with Crippen LogP contribution in [-0.2, 0) is 13.6 Å². The first-order valence-electron chi connectivity index (χ1n) is 7.32. The monoisotopic (exact) mass is 233 g/mol. The SMILES string of the molecule is C[n+]1ccn(CCCCC2CC3CCC2C3)c1. The Kier molecular flexibility index (Phi) is 3.21. The third-order valence-electron chi connectivity index (χ3n) is 4.95. The summed E-state index contributed by atoms with van der Waals surface area (Å²) >= 11 is 0. The van der Waals surface area contributed by atoms with Crippen LogP contribution in [-0.4, -0.2) is 4.57 Å². The van der Waals surface area contributed by atoms with E-state index in [2.05, 4.69) is 34.9 Å². The van der Waals surface area contributed by atoms with Crippen LogP contribution in [0.2, 0.25) is 0 Å².